The zero-order chi connectivity index (χ0) is 33.3. The first-order valence-electron chi connectivity index (χ1n) is 16.8. The molecule has 1 N–H and O–H groups in total. The summed E-state index contributed by atoms with van der Waals surface area (Å²) in [7, 11) is 0. The van der Waals surface area contributed by atoms with Gasteiger partial charge in [0.15, 0.2) is 11.8 Å². The minimum atomic E-state index is -1.21. The number of aliphatic carboxylic acids is 1. The lowest BCUT2D eigenvalue weighted by molar-refractivity contribution is -0.160. The van der Waals surface area contributed by atoms with Crippen LogP contribution >= 0.6 is 0 Å². The first-order chi connectivity index (χ1) is 22.4. The van der Waals surface area contributed by atoms with Crippen molar-refractivity contribution >= 4 is 28.2 Å². The van der Waals surface area contributed by atoms with Gasteiger partial charge in [0.2, 0.25) is 0 Å². The number of aromatic nitrogens is 3. The molecule has 2 atom stereocenters. The van der Waals surface area contributed by atoms with Crippen molar-refractivity contribution in [2.24, 2.45) is 0 Å². The molecule has 3 aliphatic rings. The van der Waals surface area contributed by atoms with Crippen LogP contribution in [0, 0.1) is 6.92 Å². The van der Waals surface area contributed by atoms with Crippen LogP contribution in [0.1, 0.15) is 95.3 Å². The van der Waals surface area contributed by atoms with Gasteiger partial charge in [0.25, 0.3) is 0 Å². The predicted octanol–water partition coefficient (Wildman–Crippen LogP) is 7.18. The van der Waals surface area contributed by atoms with Crippen LogP contribution in [-0.4, -0.2) is 62.7 Å². The van der Waals surface area contributed by atoms with E-state index >= 15 is 0 Å². The maximum absolute atomic E-state index is 12.7. The molecule has 0 spiro atoms. The smallest absolute Gasteiger partial charge is 0.337 e. The van der Waals surface area contributed by atoms with Crippen molar-refractivity contribution in [2.45, 2.75) is 110 Å². The number of hydrogen-bond acceptors (Lipinski definition) is 8. The molecule has 5 heterocycles. The summed E-state index contributed by atoms with van der Waals surface area (Å²) in [5.41, 5.74) is 2.49. The molecule has 10 nitrogen and oxygen atoms in total. The lowest BCUT2D eigenvalue weighted by Gasteiger charge is -2.41. The average molecular weight is 645 g/mol. The number of carbonyl (C=O) groups is 1. The third-order valence-corrected chi connectivity index (χ3v) is 9.15. The highest BCUT2D eigenvalue weighted by Gasteiger charge is 2.37. The fraction of sp³-hybridized carbons (Fsp3) is 0.541. The molecule has 2 unspecified atom stereocenters. The highest BCUT2D eigenvalue weighted by Crippen LogP contribution is 2.38. The second kappa shape index (κ2) is 13.4. The van der Waals surface area contributed by atoms with Crippen LogP contribution in [0.2, 0.25) is 0 Å². The van der Waals surface area contributed by atoms with E-state index in [0.29, 0.717) is 54.7 Å². The Morgan fingerprint density at radius 2 is 1.81 bits per heavy atom. The van der Waals surface area contributed by atoms with Crippen molar-refractivity contribution in [3.63, 3.8) is 0 Å². The number of carboxylic acids is 1. The van der Waals surface area contributed by atoms with E-state index in [2.05, 4.69) is 43.0 Å². The molecule has 2 aromatic heterocycles. The van der Waals surface area contributed by atoms with Gasteiger partial charge >= 0.3 is 5.97 Å². The third kappa shape index (κ3) is 7.55. The molecular formula is C37H48N4O6. The van der Waals surface area contributed by atoms with Gasteiger partial charge in [-0.2, -0.15) is 9.61 Å². The largest absolute Gasteiger partial charge is 0.490 e. The van der Waals surface area contributed by atoms with Gasteiger partial charge in [-0.1, -0.05) is 24.3 Å². The van der Waals surface area contributed by atoms with Crippen molar-refractivity contribution in [2.75, 3.05) is 24.6 Å². The molecule has 3 aliphatic heterocycles. The van der Waals surface area contributed by atoms with E-state index < -0.39 is 17.7 Å². The van der Waals surface area contributed by atoms with E-state index in [0.717, 1.165) is 54.2 Å². The molecule has 0 radical (unpaired) electrons. The summed E-state index contributed by atoms with van der Waals surface area (Å²) in [6.07, 6.45) is 3.33. The summed E-state index contributed by atoms with van der Waals surface area (Å²) >= 11 is 0. The number of carboxylic acid groups (broad SMARTS) is 1. The van der Waals surface area contributed by atoms with Gasteiger partial charge in [0, 0.05) is 37.0 Å². The molecule has 2 aromatic carbocycles. The van der Waals surface area contributed by atoms with Crippen molar-refractivity contribution < 1.29 is 28.8 Å². The summed E-state index contributed by atoms with van der Waals surface area (Å²) < 4.78 is 27.3. The van der Waals surface area contributed by atoms with E-state index in [9.17, 15) is 9.90 Å². The van der Waals surface area contributed by atoms with Crippen LogP contribution in [0.15, 0.2) is 42.5 Å². The van der Waals surface area contributed by atoms with Gasteiger partial charge in [-0.25, -0.2) is 9.78 Å². The lowest BCUT2D eigenvalue weighted by atomic mass is 9.92. The van der Waals surface area contributed by atoms with Crippen LogP contribution in [0.3, 0.4) is 0 Å². The SMILES string of the molecule is Cc1nc2cc3nn2c(c1C(OC(C)(C)C)C(=O)O)N1CCC(C)(CC1)OCCCCC(C)Oc1cc2ccccc2cc1COC3. The molecule has 252 valence electrons. The fourth-order valence-electron chi connectivity index (χ4n) is 6.65. The summed E-state index contributed by atoms with van der Waals surface area (Å²) in [5, 5.41) is 17.6. The van der Waals surface area contributed by atoms with Crippen LogP contribution in [0.5, 0.6) is 5.75 Å². The van der Waals surface area contributed by atoms with Gasteiger partial charge in [-0.3, -0.25) is 0 Å². The zero-order valence-electron chi connectivity index (χ0n) is 28.5. The highest BCUT2D eigenvalue weighted by molar-refractivity contribution is 5.85. The number of nitrogens with zero attached hydrogens (tertiary/aromatic N) is 4. The van der Waals surface area contributed by atoms with Gasteiger partial charge in [-0.05, 0) is 96.6 Å². The van der Waals surface area contributed by atoms with E-state index in [1.807, 2.05) is 45.9 Å². The minimum Gasteiger partial charge on any atom is -0.490 e. The number of fused-ring (bicyclic) bond motifs is 11. The Morgan fingerprint density at radius 3 is 2.51 bits per heavy atom. The summed E-state index contributed by atoms with van der Waals surface area (Å²) in [5.74, 6) is 0.471. The molecule has 0 amide bonds. The lowest BCUT2D eigenvalue weighted by Crippen LogP contribution is -2.46. The summed E-state index contributed by atoms with van der Waals surface area (Å²) in [6.45, 7) is 14.4. The molecule has 47 heavy (non-hydrogen) atoms. The quantitative estimate of drug-likeness (QED) is 0.248. The van der Waals surface area contributed by atoms with Crippen LogP contribution < -0.4 is 9.64 Å². The van der Waals surface area contributed by atoms with E-state index in [-0.39, 0.29) is 18.3 Å². The number of hydrogen-bond donors (Lipinski definition) is 1. The van der Waals surface area contributed by atoms with E-state index in [1.54, 1.807) is 4.52 Å². The summed E-state index contributed by atoms with van der Waals surface area (Å²) in [6, 6.07) is 14.4. The normalized spacial score (nSPS) is 22.3. The topological polar surface area (TPSA) is 108 Å². The first kappa shape index (κ1) is 33.2. The molecule has 7 rings (SSSR count). The average Bonchev–Trinajstić information content (AvgIpc) is 3.41. The number of benzene rings is 2. The molecule has 0 saturated carbocycles. The van der Waals surface area contributed by atoms with Crippen molar-refractivity contribution in [1.29, 1.82) is 0 Å². The Hall–Kier alpha value is -3.73. The van der Waals surface area contributed by atoms with Crippen molar-refractivity contribution in [1.82, 2.24) is 14.6 Å². The predicted molar refractivity (Wildman–Crippen MR) is 181 cm³/mol. The minimum absolute atomic E-state index is 0.0524. The van der Waals surface area contributed by atoms with Gasteiger partial charge in [0.1, 0.15) is 11.6 Å². The highest BCUT2D eigenvalue weighted by atomic mass is 16.5. The number of anilines is 1. The Kier molecular flexibility index (Phi) is 9.47. The second-order valence-electron chi connectivity index (χ2n) is 14.3. The van der Waals surface area contributed by atoms with Gasteiger partial charge < -0.3 is 29.0 Å². The van der Waals surface area contributed by atoms with E-state index in [1.165, 1.54) is 0 Å². The van der Waals surface area contributed by atoms with Crippen LogP contribution in [0.4, 0.5) is 5.82 Å². The van der Waals surface area contributed by atoms with Crippen LogP contribution in [0.25, 0.3) is 16.4 Å². The standard InChI is InChI=1S/C37H48N4O6/c1-24-11-9-10-18-45-37(6)14-16-40(17-15-37)34-32(33(35(42)43)47-36(3,4)5)25(2)38-31-21-29(39-41(31)34)23-44-22-28-19-26-12-7-8-13-27(26)20-30(28)46-24/h7-8,12-13,19-21,24,33H,9-11,14-18,22-23H2,1-6H3,(H,42,43). The number of piperidine rings is 1. The van der Waals surface area contributed by atoms with Gasteiger partial charge in [0.05, 0.1) is 41.8 Å². The van der Waals surface area contributed by atoms with Crippen molar-refractivity contribution in [3.8, 4) is 5.75 Å². The van der Waals surface area contributed by atoms with Crippen molar-refractivity contribution in [3.05, 3.63) is 65.0 Å². The molecular weight excluding hydrogens is 596 g/mol. The maximum Gasteiger partial charge on any atom is 0.337 e. The summed E-state index contributed by atoms with van der Waals surface area (Å²) in [4.78, 5) is 19.8. The molecule has 4 aromatic rings. The fourth-order valence-corrected chi connectivity index (χ4v) is 6.65. The maximum atomic E-state index is 12.7. The molecule has 1 fully saturated rings. The Bertz CT molecular complexity index is 1740. The van der Waals surface area contributed by atoms with Crippen LogP contribution in [-0.2, 0) is 32.2 Å². The zero-order valence-corrected chi connectivity index (χ0v) is 28.5. The monoisotopic (exact) mass is 644 g/mol. The molecule has 10 heteroatoms. The molecule has 4 bridgehead atoms. The third-order valence-electron chi connectivity index (χ3n) is 9.15. The Labute approximate surface area is 277 Å². The first-order valence-corrected chi connectivity index (χ1v) is 16.8. The van der Waals surface area contributed by atoms with E-state index in [4.69, 9.17) is 29.0 Å². The number of aryl methyl sites for hydroxylation is 1. The second-order valence-corrected chi connectivity index (χ2v) is 14.3. The Balaban J connectivity index is 1.40. The Morgan fingerprint density at radius 1 is 1.09 bits per heavy atom. The van der Waals surface area contributed by atoms with Gasteiger partial charge in [-0.15, -0.1) is 0 Å². The number of ether oxygens (including phenoxy) is 4. The molecule has 1 saturated heterocycles. The number of rotatable bonds is 3. The molecule has 0 aliphatic carbocycles.